The predicted octanol–water partition coefficient (Wildman–Crippen LogP) is 2.34. The zero-order chi connectivity index (χ0) is 39.2. The van der Waals surface area contributed by atoms with Crippen LogP contribution in [0.1, 0.15) is 54.8 Å². The number of ether oxygens (including phenoxy) is 3. The van der Waals surface area contributed by atoms with E-state index in [0.29, 0.717) is 37.0 Å². The van der Waals surface area contributed by atoms with Crippen LogP contribution in [0.5, 0.6) is 5.88 Å². The third kappa shape index (κ3) is 7.87. The number of aryl methyl sites for hydroxylation is 1. The Bertz CT molecular complexity index is 2020. The van der Waals surface area contributed by atoms with Gasteiger partial charge in [0.1, 0.15) is 35.7 Å². The molecular weight excluding hydrogens is 728 g/mol. The molecule has 1 aliphatic heterocycles. The lowest BCUT2D eigenvalue weighted by molar-refractivity contribution is -0.150. The lowest BCUT2D eigenvalue weighted by Gasteiger charge is -2.32. The van der Waals surface area contributed by atoms with Crippen molar-refractivity contribution in [3.05, 3.63) is 76.6 Å². The van der Waals surface area contributed by atoms with Gasteiger partial charge in [0.2, 0.25) is 11.8 Å². The molecule has 2 aliphatic carbocycles. The third-order valence-corrected chi connectivity index (χ3v) is 12.6. The number of hydrogen-bond acceptors (Lipinski definition) is 13. The van der Waals surface area contributed by atoms with Crippen LogP contribution in [0, 0.1) is 6.92 Å². The summed E-state index contributed by atoms with van der Waals surface area (Å²) in [5.41, 5.74) is 9.17. The standard InChI is InChI=1S/C37H46BN7O9P/c1-19(33(47)53-26-14-22-10-6-7-11-23(22)15-26)43-55(50,44-20(2)34(48)54-27-16-24-12-8-9-13-25(24)17-27)52-18-28-30(46)37(4,49)35(38-28)45-21(3)40-29-31(45)41-36(39)42-32(29)51-5/h6-13,19-20,26-28,30,35,46,49H,14-18H2,1-5H3,(H2,39,41,42)(H2,43,44,50)/t19-,20-,28+,30+,35-,37+/m0/s1. The largest absolute Gasteiger partial charge is 0.479 e. The Morgan fingerprint density at radius 2 is 1.44 bits per heavy atom. The van der Waals surface area contributed by atoms with Crippen LogP contribution in [0.4, 0.5) is 5.95 Å². The number of carbonyl (C=O) groups excluding carboxylic acids is 2. The summed E-state index contributed by atoms with van der Waals surface area (Å²) in [6.07, 6.45) is 0.0348. The zero-order valence-corrected chi connectivity index (χ0v) is 32.2. The number of esters is 2. The Hall–Kier alpha value is -4.38. The second kappa shape index (κ2) is 15.3. The third-order valence-electron chi connectivity index (χ3n) is 10.7. The monoisotopic (exact) mass is 774 g/mol. The van der Waals surface area contributed by atoms with Crippen LogP contribution in [0.3, 0.4) is 0 Å². The molecule has 0 spiro atoms. The summed E-state index contributed by atoms with van der Waals surface area (Å²) in [4.78, 5) is 39.7. The Balaban J connectivity index is 1.07. The minimum Gasteiger partial charge on any atom is -0.479 e. The van der Waals surface area contributed by atoms with Gasteiger partial charge in [-0.3, -0.25) is 14.2 Å². The first kappa shape index (κ1) is 38.9. The van der Waals surface area contributed by atoms with E-state index < -0.39 is 74.0 Å². The van der Waals surface area contributed by atoms with Gasteiger partial charge in [0.05, 0.1) is 19.8 Å². The van der Waals surface area contributed by atoms with Crippen molar-refractivity contribution in [2.24, 2.45) is 0 Å². The lowest BCUT2D eigenvalue weighted by atomic mass is 9.63. The summed E-state index contributed by atoms with van der Waals surface area (Å²) >= 11 is 0. The number of hydrogen-bond donors (Lipinski definition) is 5. The lowest BCUT2D eigenvalue weighted by Crippen LogP contribution is -2.44. The van der Waals surface area contributed by atoms with Crippen LogP contribution in [-0.2, 0) is 53.8 Å². The fraction of sp³-hybridized carbons (Fsp3) is 0.486. The molecule has 16 nitrogen and oxygen atoms in total. The first-order chi connectivity index (χ1) is 26.2. The number of methoxy groups -OCH3 is 1. The van der Waals surface area contributed by atoms with Crippen molar-refractivity contribution in [1.82, 2.24) is 29.7 Å². The number of nitrogens with two attached hydrogens (primary N) is 1. The molecule has 1 fully saturated rings. The Labute approximate surface area is 319 Å². The number of aliphatic hydroxyl groups excluding tert-OH is 1. The molecule has 2 aromatic carbocycles. The van der Waals surface area contributed by atoms with Gasteiger partial charge in [-0.2, -0.15) is 9.97 Å². The van der Waals surface area contributed by atoms with E-state index in [-0.39, 0.29) is 17.5 Å². The van der Waals surface area contributed by atoms with Crippen molar-refractivity contribution in [2.45, 2.75) is 101 Å². The smallest absolute Gasteiger partial charge is 0.342 e. The molecule has 0 saturated carbocycles. The van der Waals surface area contributed by atoms with E-state index in [2.05, 4.69) is 25.1 Å². The quantitative estimate of drug-likeness (QED) is 0.0748. The number of benzene rings is 2. The first-order valence-electron chi connectivity index (χ1n) is 18.3. The number of aromatic nitrogens is 4. The zero-order valence-electron chi connectivity index (χ0n) is 31.3. The summed E-state index contributed by atoms with van der Waals surface area (Å²) < 4.78 is 39.3. The predicted molar refractivity (Wildman–Crippen MR) is 202 cm³/mol. The average molecular weight is 775 g/mol. The molecule has 18 heteroatoms. The molecule has 2 aromatic heterocycles. The maximum Gasteiger partial charge on any atom is 0.342 e. The Morgan fingerprint density at radius 1 is 0.945 bits per heavy atom. The van der Waals surface area contributed by atoms with Gasteiger partial charge in [0, 0.05) is 31.6 Å². The second-order valence-electron chi connectivity index (χ2n) is 14.8. The highest BCUT2D eigenvalue weighted by atomic mass is 31.2. The number of imidazole rings is 1. The molecule has 3 aliphatic rings. The molecule has 0 amide bonds. The first-order valence-corrected chi connectivity index (χ1v) is 19.9. The summed E-state index contributed by atoms with van der Waals surface area (Å²) in [5, 5.41) is 28.7. The van der Waals surface area contributed by atoms with E-state index in [9.17, 15) is 24.4 Å². The van der Waals surface area contributed by atoms with Gasteiger partial charge >= 0.3 is 19.6 Å². The molecule has 55 heavy (non-hydrogen) atoms. The molecule has 1 radical (unpaired) electrons. The molecule has 4 aromatic rings. The Kier molecular flexibility index (Phi) is 10.8. The van der Waals surface area contributed by atoms with Crippen molar-refractivity contribution in [1.29, 1.82) is 0 Å². The van der Waals surface area contributed by atoms with E-state index in [1.807, 2.05) is 48.5 Å². The van der Waals surface area contributed by atoms with E-state index in [1.165, 1.54) is 27.9 Å². The molecular formula is C37H46BN7O9P. The minimum absolute atomic E-state index is 0.0723. The minimum atomic E-state index is -4.30. The second-order valence-corrected chi connectivity index (χ2v) is 16.7. The molecule has 6 atom stereocenters. The van der Waals surface area contributed by atoms with E-state index in [1.54, 1.807) is 18.8 Å². The maximum absolute atomic E-state index is 14.7. The molecule has 6 N–H and O–H groups in total. The number of anilines is 1. The van der Waals surface area contributed by atoms with Crippen LogP contribution >= 0.6 is 7.67 Å². The van der Waals surface area contributed by atoms with Gasteiger partial charge in [-0.25, -0.2) is 15.2 Å². The van der Waals surface area contributed by atoms with Crippen LogP contribution in [-0.4, -0.2) is 98.7 Å². The highest BCUT2D eigenvalue weighted by Gasteiger charge is 2.53. The normalized spacial score (nSPS) is 23.6. The van der Waals surface area contributed by atoms with Gasteiger partial charge in [-0.1, -0.05) is 48.5 Å². The average Bonchev–Trinajstić information content (AvgIpc) is 3.88. The van der Waals surface area contributed by atoms with Crippen molar-refractivity contribution in [3.8, 4) is 5.88 Å². The van der Waals surface area contributed by atoms with Gasteiger partial charge in [-0.05, 0) is 55.8 Å². The number of nitrogens with zero attached hydrogens (tertiary/aromatic N) is 4. The van der Waals surface area contributed by atoms with Crippen LogP contribution < -0.4 is 20.6 Å². The van der Waals surface area contributed by atoms with E-state index in [0.717, 1.165) is 22.3 Å². The van der Waals surface area contributed by atoms with Crippen LogP contribution in [0.25, 0.3) is 11.2 Å². The topological polar surface area (TPSA) is 222 Å². The fourth-order valence-corrected chi connectivity index (χ4v) is 9.68. The van der Waals surface area contributed by atoms with Gasteiger partial charge < -0.3 is 39.2 Å². The molecule has 7 rings (SSSR count). The Morgan fingerprint density at radius 3 is 1.91 bits per heavy atom. The van der Waals surface area contributed by atoms with Crippen molar-refractivity contribution in [2.75, 3.05) is 19.5 Å². The van der Waals surface area contributed by atoms with Crippen molar-refractivity contribution >= 4 is 44.0 Å². The van der Waals surface area contributed by atoms with Crippen LogP contribution in [0.15, 0.2) is 48.5 Å². The molecule has 0 unspecified atom stereocenters. The molecule has 0 bridgehead atoms. The summed E-state index contributed by atoms with van der Waals surface area (Å²) in [5.74, 6) is -2.59. The molecule has 1 saturated heterocycles. The number of nitrogen functional groups attached to an aromatic ring is 1. The number of nitrogens with one attached hydrogen (secondary N) is 2. The van der Waals surface area contributed by atoms with Gasteiger partial charge in [0.25, 0.3) is 0 Å². The van der Waals surface area contributed by atoms with Gasteiger partial charge in [0.15, 0.2) is 18.4 Å². The highest BCUT2D eigenvalue weighted by Crippen LogP contribution is 2.47. The molecule has 3 heterocycles. The highest BCUT2D eigenvalue weighted by molar-refractivity contribution is 7.54. The van der Waals surface area contributed by atoms with Crippen molar-refractivity contribution in [3.63, 3.8) is 0 Å². The van der Waals surface area contributed by atoms with E-state index in [4.69, 9.17) is 24.5 Å². The fourth-order valence-electron chi connectivity index (χ4n) is 7.84. The van der Waals surface area contributed by atoms with Crippen LogP contribution in [0.2, 0.25) is 5.82 Å². The van der Waals surface area contributed by atoms with Gasteiger partial charge in [-0.15, -0.1) is 0 Å². The molecule has 291 valence electrons. The number of carbonyl (C=O) groups is 2. The summed E-state index contributed by atoms with van der Waals surface area (Å²) in [6, 6.07) is 13.4. The maximum atomic E-state index is 14.7. The summed E-state index contributed by atoms with van der Waals surface area (Å²) in [6.45, 7) is 5.76. The number of rotatable bonds is 13. The summed E-state index contributed by atoms with van der Waals surface area (Å²) in [7, 11) is -1.22. The van der Waals surface area contributed by atoms with Crippen molar-refractivity contribution < 1.29 is 43.1 Å². The van der Waals surface area contributed by atoms with E-state index >= 15 is 0 Å². The SMILES string of the molecule is COc1nc(N)nc2c1nc(C)n2[C@@H]1[B][C@H](COP(=O)(N[C@@H](C)C(=O)OC2Cc3ccccc3C2)N[C@@H](C)C(=O)OC2Cc3ccccc3C2)[C@@H](O)[C@@]1(C)O. The number of aliphatic hydroxyl groups is 2. The number of fused-ring (bicyclic) bond motifs is 3.